The maximum atomic E-state index is 6.05. The fourth-order valence-electron chi connectivity index (χ4n) is 3.34. The molecule has 6 nitrogen and oxygen atoms in total. The van der Waals surface area contributed by atoms with Gasteiger partial charge in [0.1, 0.15) is 12.4 Å². The average molecular weight is 337 g/mol. The van der Waals surface area contributed by atoms with Gasteiger partial charge in [-0.05, 0) is 31.5 Å². The van der Waals surface area contributed by atoms with E-state index in [1.807, 2.05) is 49.8 Å². The van der Waals surface area contributed by atoms with Crippen LogP contribution in [0.2, 0.25) is 0 Å². The zero-order valence-corrected chi connectivity index (χ0v) is 14.4. The summed E-state index contributed by atoms with van der Waals surface area (Å²) in [5.41, 5.74) is 3.40. The number of hydrogen-bond donors (Lipinski definition) is 1. The number of aromatic amines is 1. The highest BCUT2D eigenvalue weighted by Crippen LogP contribution is 2.21. The largest absolute Gasteiger partial charge is 0.492 e. The maximum Gasteiger partial charge on any atom is 0.119 e. The predicted molar refractivity (Wildman–Crippen MR) is 95.1 cm³/mol. The van der Waals surface area contributed by atoms with Gasteiger partial charge in [0.05, 0.1) is 17.7 Å². The van der Waals surface area contributed by atoms with Crippen molar-refractivity contribution in [3.8, 4) is 5.75 Å². The van der Waals surface area contributed by atoms with Gasteiger partial charge in [0.15, 0.2) is 0 Å². The number of aromatic nitrogens is 4. The van der Waals surface area contributed by atoms with Crippen LogP contribution in [-0.4, -0.2) is 37.3 Å². The smallest absolute Gasteiger partial charge is 0.119 e. The van der Waals surface area contributed by atoms with Crippen LogP contribution in [0, 0.1) is 6.92 Å². The Balaban J connectivity index is 1.50. The fraction of sp³-hybridized carbons (Fsp3) is 0.368. The molecular formula is C19H23N5O. The molecule has 130 valence electrons. The highest BCUT2D eigenvalue weighted by atomic mass is 16.5. The van der Waals surface area contributed by atoms with Gasteiger partial charge >= 0.3 is 0 Å². The molecule has 3 heterocycles. The van der Waals surface area contributed by atoms with Crippen molar-refractivity contribution in [1.82, 2.24) is 24.6 Å². The summed E-state index contributed by atoms with van der Waals surface area (Å²) >= 11 is 0. The van der Waals surface area contributed by atoms with E-state index in [1.54, 1.807) is 0 Å². The van der Waals surface area contributed by atoms with E-state index in [-0.39, 0.29) is 0 Å². The number of para-hydroxylation sites is 1. The summed E-state index contributed by atoms with van der Waals surface area (Å²) in [7, 11) is 0. The van der Waals surface area contributed by atoms with Crippen LogP contribution in [0.1, 0.15) is 23.5 Å². The Hall–Kier alpha value is -2.60. The highest BCUT2D eigenvalue weighted by Gasteiger charge is 2.25. The molecule has 2 aromatic heterocycles. The second-order valence-electron chi connectivity index (χ2n) is 6.59. The minimum Gasteiger partial charge on any atom is -0.492 e. The lowest BCUT2D eigenvalue weighted by atomic mass is 10.1. The third-order valence-electron chi connectivity index (χ3n) is 4.69. The first-order valence-electron chi connectivity index (χ1n) is 8.70. The summed E-state index contributed by atoms with van der Waals surface area (Å²) in [5, 5.41) is 7.44. The van der Waals surface area contributed by atoms with Gasteiger partial charge in [0.25, 0.3) is 0 Å². The summed E-state index contributed by atoms with van der Waals surface area (Å²) in [4.78, 5) is 6.74. The standard InChI is InChI=1S/C19H23N5O/c1-15-9-16(22-21-15)11-24-12-18-10-20-14-23(18)8-7-17(24)13-25-19-5-3-2-4-6-19/h2-6,9-10,14,17H,7-8,11-13H2,1H3,(H,21,22)/t17-/m0/s1. The number of imidazole rings is 1. The number of benzene rings is 1. The summed E-state index contributed by atoms with van der Waals surface area (Å²) < 4.78 is 8.30. The third-order valence-corrected chi connectivity index (χ3v) is 4.69. The number of fused-ring (bicyclic) bond motifs is 1. The molecule has 1 atom stereocenters. The fourth-order valence-corrected chi connectivity index (χ4v) is 3.34. The first-order valence-corrected chi connectivity index (χ1v) is 8.70. The summed E-state index contributed by atoms with van der Waals surface area (Å²) in [5.74, 6) is 0.920. The Kier molecular flexibility index (Phi) is 4.52. The highest BCUT2D eigenvalue weighted by molar-refractivity contribution is 5.21. The van der Waals surface area contributed by atoms with Crippen molar-refractivity contribution in [3.05, 3.63) is 66.0 Å². The van der Waals surface area contributed by atoms with Crippen LogP contribution < -0.4 is 4.74 Å². The molecule has 0 aliphatic carbocycles. The van der Waals surface area contributed by atoms with E-state index in [0.717, 1.165) is 43.2 Å². The molecule has 0 bridgehead atoms. The molecule has 1 aliphatic rings. The van der Waals surface area contributed by atoms with Gasteiger partial charge in [0, 0.05) is 37.6 Å². The summed E-state index contributed by atoms with van der Waals surface area (Å²) in [6.45, 7) is 5.33. The van der Waals surface area contributed by atoms with Crippen molar-refractivity contribution in [3.63, 3.8) is 0 Å². The van der Waals surface area contributed by atoms with Gasteiger partial charge in [-0.25, -0.2) is 4.98 Å². The minimum absolute atomic E-state index is 0.331. The lowest BCUT2D eigenvalue weighted by Crippen LogP contribution is -2.38. The monoisotopic (exact) mass is 337 g/mol. The first kappa shape index (κ1) is 15.9. The molecule has 0 saturated carbocycles. The van der Waals surface area contributed by atoms with Crippen molar-refractivity contribution in [2.24, 2.45) is 0 Å². The van der Waals surface area contributed by atoms with Crippen molar-refractivity contribution < 1.29 is 4.74 Å². The molecule has 0 saturated heterocycles. The number of hydrogen-bond acceptors (Lipinski definition) is 4. The number of H-pyrrole nitrogens is 1. The first-order chi connectivity index (χ1) is 12.3. The van der Waals surface area contributed by atoms with Crippen LogP contribution in [0.15, 0.2) is 48.9 Å². The van der Waals surface area contributed by atoms with E-state index in [1.165, 1.54) is 5.69 Å². The maximum absolute atomic E-state index is 6.05. The molecular weight excluding hydrogens is 314 g/mol. The lowest BCUT2D eigenvalue weighted by Gasteiger charge is -2.28. The van der Waals surface area contributed by atoms with E-state index < -0.39 is 0 Å². The molecule has 0 amide bonds. The number of nitrogens with zero attached hydrogens (tertiary/aromatic N) is 4. The van der Waals surface area contributed by atoms with Crippen LogP contribution in [0.25, 0.3) is 0 Å². The molecule has 1 N–H and O–H groups in total. The molecule has 0 radical (unpaired) electrons. The van der Waals surface area contributed by atoms with Gasteiger partial charge in [-0.2, -0.15) is 5.10 Å². The second kappa shape index (κ2) is 7.11. The quantitative estimate of drug-likeness (QED) is 0.778. The zero-order chi connectivity index (χ0) is 17.1. The molecule has 3 aromatic rings. The molecule has 0 spiro atoms. The normalized spacial score (nSPS) is 17.9. The molecule has 0 unspecified atom stereocenters. The van der Waals surface area contributed by atoms with E-state index in [2.05, 4.69) is 30.7 Å². The molecule has 1 aromatic carbocycles. The molecule has 25 heavy (non-hydrogen) atoms. The van der Waals surface area contributed by atoms with Crippen molar-refractivity contribution in [2.45, 2.75) is 39.0 Å². The van der Waals surface area contributed by atoms with Crippen molar-refractivity contribution >= 4 is 0 Å². The number of nitrogens with one attached hydrogen (secondary N) is 1. The Morgan fingerprint density at radius 2 is 2.16 bits per heavy atom. The van der Waals surface area contributed by atoms with Crippen LogP contribution in [0.5, 0.6) is 5.75 Å². The van der Waals surface area contributed by atoms with Crippen LogP contribution in [-0.2, 0) is 19.6 Å². The van der Waals surface area contributed by atoms with Crippen molar-refractivity contribution in [1.29, 1.82) is 0 Å². The van der Waals surface area contributed by atoms with Gasteiger partial charge in [-0.1, -0.05) is 18.2 Å². The number of ether oxygens (including phenoxy) is 1. The van der Waals surface area contributed by atoms with Gasteiger partial charge in [-0.3, -0.25) is 10.00 Å². The Bertz CT molecular complexity index is 810. The summed E-state index contributed by atoms with van der Waals surface area (Å²) in [6.07, 6.45) is 4.91. The zero-order valence-electron chi connectivity index (χ0n) is 14.4. The lowest BCUT2D eigenvalue weighted by molar-refractivity contribution is 0.117. The van der Waals surface area contributed by atoms with Crippen LogP contribution in [0.3, 0.4) is 0 Å². The van der Waals surface area contributed by atoms with Crippen LogP contribution in [0.4, 0.5) is 0 Å². The SMILES string of the molecule is Cc1cc(CN2Cc3cncn3CC[C@H]2COc2ccccc2)n[nH]1. The van der Waals surface area contributed by atoms with Gasteiger partial charge in [0.2, 0.25) is 0 Å². The van der Waals surface area contributed by atoms with E-state index in [0.29, 0.717) is 12.6 Å². The van der Waals surface area contributed by atoms with E-state index in [4.69, 9.17) is 4.74 Å². The van der Waals surface area contributed by atoms with Gasteiger partial charge < -0.3 is 9.30 Å². The third kappa shape index (κ3) is 3.74. The Morgan fingerprint density at radius 1 is 1.28 bits per heavy atom. The van der Waals surface area contributed by atoms with Crippen LogP contribution >= 0.6 is 0 Å². The second-order valence-corrected chi connectivity index (χ2v) is 6.59. The molecule has 6 heteroatoms. The number of aryl methyl sites for hydroxylation is 2. The molecule has 0 fully saturated rings. The average Bonchev–Trinajstić information content (AvgIpc) is 3.21. The van der Waals surface area contributed by atoms with E-state index in [9.17, 15) is 0 Å². The Labute approximate surface area is 147 Å². The minimum atomic E-state index is 0.331. The van der Waals surface area contributed by atoms with Crippen molar-refractivity contribution in [2.75, 3.05) is 6.61 Å². The van der Waals surface area contributed by atoms with Gasteiger partial charge in [-0.15, -0.1) is 0 Å². The Morgan fingerprint density at radius 3 is 2.96 bits per heavy atom. The predicted octanol–water partition coefficient (Wildman–Crippen LogP) is 2.77. The number of rotatable bonds is 5. The van der Waals surface area contributed by atoms with E-state index >= 15 is 0 Å². The topological polar surface area (TPSA) is 59.0 Å². The molecule has 4 rings (SSSR count). The molecule has 1 aliphatic heterocycles. The summed E-state index contributed by atoms with van der Waals surface area (Å²) in [6, 6.07) is 12.5.